The first-order valence-electron chi connectivity index (χ1n) is 7.30. The number of aliphatic hydroxyl groups excluding tert-OH is 1. The van der Waals surface area contributed by atoms with Crippen LogP contribution in [0.15, 0.2) is 28.7 Å². The highest BCUT2D eigenvalue weighted by molar-refractivity contribution is 9.10. The molecule has 2 unspecified atom stereocenters. The molecule has 0 fully saturated rings. The first-order valence-corrected chi connectivity index (χ1v) is 8.09. The molecule has 0 saturated heterocycles. The molecule has 0 aliphatic heterocycles. The van der Waals surface area contributed by atoms with Crippen LogP contribution >= 0.6 is 15.9 Å². The summed E-state index contributed by atoms with van der Waals surface area (Å²) >= 11 is 3.43. The minimum atomic E-state index is -0.435. The molecule has 3 heteroatoms. The number of hydrogen-bond acceptors (Lipinski definition) is 2. The lowest BCUT2D eigenvalue weighted by atomic mass is 10.1. The van der Waals surface area contributed by atoms with Crippen molar-refractivity contribution in [3.05, 3.63) is 34.3 Å². The molecule has 0 spiro atoms. The van der Waals surface area contributed by atoms with E-state index in [1.165, 1.54) is 32.1 Å². The summed E-state index contributed by atoms with van der Waals surface area (Å²) in [6, 6.07) is 8.33. The Morgan fingerprint density at radius 3 is 2.74 bits per heavy atom. The fourth-order valence-electron chi connectivity index (χ4n) is 2.12. The van der Waals surface area contributed by atoms with Crippen molar-refractivity contribution in [1.82, 2.24) is 5.32 Å². The zero-order valence-corrected chi connectivity index (χ0v) is 13.6. The summed E-state index contributed by atoms with van der Waals surface area (Å²) in [6.07, 6.45) is 5.95. The highest BCUT2D eigenvalue weighted by Crippen LogP contribution is 2.17. The fourth-order valence-corrected chi connectivity index (χ4v) is 2.54. The molecule has 2 N–H and O–H groups in total. The van der Waals surface area contributed by atoms with Crippen LogP contribution in [-0.2, 0) is 0 Å². The second-order valence-electron chi connectivity index (χ2n) is 5.23. The van der Waals surface area contributed by atoms with Gasteiger partial charge in [0.15, 0.2) is 0 Å². The van der Waals surface area contributed by atoms with Gasteiger partial charge in [0, 0.05) is 17.1 Å². The van der Waals surface area contributed by atoms with Crippen LogP contribution in [0.5, 0.6) is 0 Å². The zero-order valence-electron chi connectivity index (χ0n) is 12.0. The third-order valence-corrected chi connectivity index (χ3v) is 3.88. The van der Waals surface area contributed by atoms with Crippen LogP contribution in [0.1, 0.15) is 57.6 Å². The van der Waals surface area contributed by atoms with Gasteiger partial charge in [-0.15, -0.1) is 0 Å². The van der Waals surface area contributed by atoms with Gasteiger partial charge in [-0.2, -0.15) is 0 Å². The van der Waals surface area contributed by atoms with E-state index in [-0.39, 0.29) is 0 Å². The van der Waals surface area contributed by atoms with E-state index < -0.39 is 6.10 Å². The molecule has 2 atom stereocenters. The Kier molecular flexibility index (Phi) is 8.35. The van der Waals surface area contributed by atoms with Gasteiger partial charge in [0.25, 0.3) is 0 Å². The topological polar surface area (TPSA) is 32.3 Å². The predicted octanol–water partition coefficient (Wildman–Crippen LogP) is 4.43. The molecular weight excluding hydrogens is 302 g/mol. The molecule has 0 radical (unpaired) electrons. The van der Waals surface area contributed by atoms with Crippen molar-refractivity contribution in [3.8, 4) is 0 Å². The Balaban J connectivity index is 2.24. The second-order valence-corrected chi connectivity index (χ2v) is 6.15. The fraction of sp³-hybridized carbons (Fsp3) is 0.625. The first kappa shape index (κ1) is 16.7. The molecule has 0 amide bonds. The third kappa shape index (κ3) is 7.09. The summed E-state index contributed by atoms with van der Waals surface area (Å²) < 4.78 is 1.01. The Morgan fingerprint density at radius 2 is 2.05 bits per heavy atom. The van der Waals surface area contributed by atoms with E-state index in [1.54, 1.807) is 0 Å². The quantitative estimate of drug-likeness (QED) is 0.657. The average molecular weight is 328 g/mol. The summed E-state index contributed by atoms with van der Waals surface area (Å²) in [7, 11) is 0. The molecule has 0 aliphatic rings. The number of nitrogens with one attached hydrogen (secondary N) is 1. The molecule has 2 nitrogen and oxygen atoms in total. The largest absolute Gasteiger partial charge is 0.387 e. The van der Waals surface area contributed by atoms with Crippen molar-refractivity contribution in [3.63, 3.8) is 0 Å². The van der Waals surface area contributed by atoms with Gasteiger partial charge < -0.3 is 10.4 Å². The number of unbranched alkanes of at least 4 members (excludes halogenated alkanes) is 3. The van der Waals surface area contributed by atoms with E-state index in [0.717, 1.165) is 10.0 Å². The molecule has 1 aromatic carbocycles. The Morgan fingerprint density at radius 1 is 1.26 bits per heavy atom. The molecule has 1 rings (SSSR count). The monoisotopic (exact) mass is 327 g/mol. The molecule has 0 aromatic heterocycles. The van der Waals surface area contributed by atoms with Gasteiger partial charge in [-0.25, -0.2) is 0 Å². The highest BCUT2D eigenvalue weighted by Gasteiger charge is 2.09. The lowest BCUT2D eigenvalue weighted by molar-refractivity contribution is 0.169. The van der Waals surface area contributed by atoms with Crippen LogP contribution in [0.25, 0.3) is 0 Å². The standard InChI is InChI=1S/C16H26BrNO/c1-3-4-5-6-8-13(2)18-12-16(19)14-9-7-10-15(17)11-14/h7,9-11,13,16,18-19H,3-6,8,12H2,1-2H3. The van der Waals surface area contributed by atoms with Gasteiger partial charge in [-0.3, -0.25) is 0 Å². The Labute approximate surface area is 125 Å². The van der Waals surface area contributed by atoms with Gasteiger partial charge >= 0.3 is 0 Å². The number of rotatable bonds is 9. The van der Waals surface area contributed by atoms with Crippen molar-refractivity contribution in [2.45, 2.75) is 58.1 Å². The molecule has 1 aromatic rings. The van der Waals surface area contributed by atoms with E-state index in [4.69, 9.17) is 0 Å². The van der Waals surface area contributed by atoms with Crippen molar-refractivity contribution >= 4 is 15.9 Å². The highest BCUT2D eigenvalue weighted by atomic mass is 79.9. The van der Waals surface area contributed by atoms with Gasteiger partial charge in [0.1, 0.15) is 0 Å². The SMILES string of the molecule is CCCCCCC(C)NCC(O)c1cccc(Br)c1. The second kappa shape index (κ2) is 9.51. The summed E-state index contributed by atoms with van der Waals surface area (Å²) in [4.78, 5) is 0. The lowest BCUT2D eigenvalue weighted by Gasteiger charge is -2.17. The third-order valence-electron chi connectivity index (χ3n) is 3.38. The van der Waals surface area contributed by atoms with Gasteiger partial charge in [0.2, 0.25) is 0 Å². The normalized spacial score (nSPS) is 14.3. The number of benzene rings is 1. The minimum Gasteiger partial charge on any atom is -0.387 e. The van der Waals surface area contributed by atoms with E-state index in [9.17, 15) is 5.11 Å². The molecule has 0 heterocycles. The van der Waals surface area contributed by atoms with E-state index in [2.05, 4.69) is 35.1 Å². The maximum Gasteiger partial charge on any atom is 0.0914 e. The van der Waals surface area contributed by atoms with Gasteiger partial charge in [0.05, 0.1) is 6.10 Å². The summed E-state index contributed by atoms with van der Waals surface area (Å²) in [5, 5.41) is 13.5. The Bertz CT molecular complexity index is 356. The van der Waals surface area contributed by atoms with E-state index >= 15 is 0 Å². The molecular formula is C16H26BrNO. The van der Waals surface area contributed by atoms with Crippen LogP contribution in [0.4, 0.5) is 0 Å². The minimum absolute atomic E-state index is 0.435. The molecule has 0 aliphatic carbocycles. The first-order chi connectivity index (χ1) is 9.13. The van der Waals surface area contributed by atoms with Crippen LogP contribution in [0.2, 0.25) is 0 Å². The molecule has 0 saturated carbocycles. The smallest absolute Gasteiger partial charge is 0.0914 e. The molecule has 0 bridgehead atoms. The van der Waals surface area contributed by atoms with E-state index in [1.807, 2.05) is 24.3 Å². The summed E-state index contributed by atoms with van der Waals surface area (Å²) in [6.45, 7) is 5.04. The summed E-state index contributed by atoms with van der Waals surface area (Å²) in [5.74, 6) is 0. The van der Waals surface area contributed by atoms with E-state index in [0.29, 0.717) is 12.6 Å². The maximum absolute atomic E-state index is 10.1. The Hall–Kier alpha value is -0.380. The number of halogens is 1. The average Bonchev–Trinajstić information content (AvgIpc) is 2.41. The molecule has 19 heavy (non-hydrogen) atoms. The van der Waals surface area contributed by atoms with Crippen LogP contribution in [0.3, 0.4) is 0 Å². The van der Waals surface area contributed by atoms with Gasteiger partial charge in [-0.1, -0.05) is 60.7 Å². The van der Waals surface area contributed by atoms with Crippen molar-refractivity contribution in [2.75, 3.05) is 6.54 Å². The van der Waals surface area contributed by atoms with Crippen molar-refractivity contribution < 1.29 is 5.11 Å². The van der Waals surface area contributed by atoms with Crippen LogP contribution < -0.4 is 5.32 Å². The van der Waals surface area contributed by atoms with Crippen LogP contribution in [-0.4, -0.2) is 17.7 Å². The zero-order chi connectivity index (χ0) is 14.1. The van der Waals surface area contributed by atoms with Crippen LogP contribution in [0, 0.1) is 0 Å². The molecule has 108 valence electrons. The van der Waals surface area contributed by atoms with Crippen molar-refractivity contribution in [2.24, 2.45) is 0 Å². The van der Waals surface area contributed by atoms with Crippen molar-refractivity contribution in [1.29, 1.82) is 0 Å². The maximum atomic E-state index is 10.1. The number of aliphatic hydroxyl groups is 1. The predicted molar refractivity (Wildman–Crippen MR) is 85.3 cm³/mol. The number of hydrogen-bond donors (Lipinski definition) is 2. The van der Waals surface area contributed by atoms with Gasteiger partial charge in [-0.05, 0) is 31.0 Å². The lowest BCUT2D eigenvalue weighted by Crippen LogP contribution is -2.30. The summed E-state index contributed by atoms with van der Waals surface area (Å²) in [5.41, 5.74) is 0.958.